The predicted octanol–water partition coefficient (Wildman–Crippen LogP) is 4.48. The second-order valence-electron chi connectivity index (χ2n) is 7.34. The van der Waals surface area contributed by atoms with E-state index in [0.717, 1.165) is 16.7 Å². The molecule has 6 nitrogen and oxygen atoms in total. The van der Waals surface area contributed by atoms with Crippen molar-refractivity contribution in [2.24, 2.45) is 0 Å². The van der Waals surface area contributed by atoms with Gasteiger partial charge >= 0.3 is 0 Å². The van der Waals surface area contributed by atoms with Crippen molar-refractivity contribution in [1.29, 1.82) is 0 Å². The van der Waals surface area contributed by atoms with Gasteiger partial charge in [-0.05, 0) is 56.5 Å². The number of hydrogen-bond acceptors (Lipinski definition) is 5. The lowest BCUT2D eigenvalue weighted by Gasteiger charge is -2.23. The van der Waals surface area contributed by atoms with Gasteiger partial charge in [0.2, 0.25) is 11.7 Å². The Bertz CT molecular complexity index is 997. The molecule has 0 aliphatic heterocycles. The standard InChI is InChI=1S/C23H27N3O3/c1-6-20(28-19-11-10-16(3)17(4)13-19)23(27)26(5)14-21-24-22(25-29-21)18-9-7-8-15(2)12-18/h7-13,20H,6,14H2,1-5H3. The summed E-state index contributed by atoms with van der Waals surface area (Å²) in [5.41, 5.74) is 4.33. The average Bonchev–Trinajstić information content (AvgIpc) is 3.16. The van der Waals surface area contributed by atoms with Crippen molar-refractivity contribution in [1.82, 2.24) is 15.0 Å². The molecule has 152 valence electrons. The topological polar surface area (TPSA) is 68.5 Å². The summed E-state index contributed by atoms with van der Waals surface area (Å²) in [6.07, 6.45) is -0.00431. The summed E-state index contributed by atoms with van der Waals surface area (Å²) in [6.45, 7) is 8.24. The molecule has 29 heavy (non-hydrogen) atoms. The van der Waals surface area contributed by atoms with Crippen LogP contribution in [0.2, 0.25) is 0 Å². The molecule has 6 heteroatoms. The largest absolute Gasteiger partial charge is 0.481 e. The van der Waals surface area contributed by atoms with Crippen LogP contribution in [0, 0.1) is 20.8 Å². The maximum absolute atomic E-state index is 12.9. The highest BCUT2D eigenvalue weighted by atomic mass is 16.5. The van der Waals surface area contributed by atoms with Gasteiger partial charge in [0.05, 0.1) is 6.54 Å². The van der Waals surface area contributed by atoms with Crippen LogP contribution >= 0.6 is 0 Å². The Morgan fingerprint density at radius 1 is 1.14 bits per heavy atom. The zero-order valence-corrected chi connectivity index (χ0v) is 17.6. The zero-order valence-electron chi connectivity index (χ0n) is 17.6. The average molecular weight is 393 g/mol. The molecule has 0 N–H and O–H groups in total. The number of nitrogens with zero attached hydrogens (tertiary/aromatic N) is 3. The molecule has 1 unspecified atom stereocenters. The van der Waals surface area contributed by atoms with Gasteiger partial charge in [0.15, 0.2) is 6.10 Å². The number of ether oxygens (including phenoxy) is 1. The molecule has 0 spiro atoms. The van der Waals surface area contributed by atoms with Crippen molar-refractivity contribution < 1.29 is 14.1 Å². The summed E-state index contributed by atoms with van der Waals surface area (Å²) in [5, 5.41) is 4.04. The van der Waals surface area contributed by atoms with E-state index in [1.807, 2.05) is 70.2 Å². The van der Waals surface area contributed by atoms with Crippen molar-refractivity contribution in [3.8, 4) is 17.1 Å². The Morgan fingerprint density at radius 2 is 1.93 bits per heavy atom. The first-order valence-corrected chi connectivity index (χ1v) is 9.76. The Balaban J connectivity index is 1.66. The van der Waals surface area contributed by atoms with Gasteiger partial charge in [0.1, 0.15) is 5.75 Å². The maximum Gasteiger partial charge on any atom is 0.263 e. The summed E-state index contributed by atoms with van der Waals surface area (Å²) >= 11 is 0. The van der Waals surface area contributed by atoms with Gasteiger partial charge in [0, 0.05) is 12.6 Å². The van der Waals surface area contributed by atoms with Crippen LogP contribution in [0.25, 0.3) is 11.4 Å². The van der Waals surface area contributed by atoms with Crippen LogP contribution in [-0.2, 0) is 11.3 Å². The molecular weight excluding hydrogens is 366 g/mol. The molecule has 0 fully saturated rings. The van der Waals surface area contributed by atoms with E-state index in [1.165, 1.54) is 5.56 Å². The quantitative estimate of drug-likeness (QED) is 0.592. The fraction of sp³-hybridized carbons (Fsp3) is 0.348. The van der Waals surface area contributed by atoms with Gasteiger partial charge in [-0.2, -0.15) is 4.98 Å². The number of aryl methyl sites for hydroxylation is 3. The lowest BCUT2D eigenvalue weighted by molar-refractivity contribution is -0.138. The molecule has 1 amide bonds. The Labute approximate surface area is 171 Å². The molecule has 0 aliphatic rings. The van der Waals surface area contributed by atoms with E-state index >= 15 is 0 Å². The molecule has 0 bridgehead atoms. The highest BCUT2D eigenvalue weighted by Crippen LogP contribution is 2.20. The molecule has 0 radical (unpaired) electrons. The second kappa shape index (κ2) is 8.90. The normalized spacial score (nSPS) is 11.9. The minimum absolute atomic E-state index is 0.124. The van der Waals surface area contributed by atoms with Crippen molar-refractivity contribution in [2.45, 2.75) is 46.8 Å². The third kappa shape index (κ3) is 5.02. The molecular formula is C23H27N3O3. The molecule has 3 rings (SSSR count). The van der Waals surface area contributed by atoms with E-state index in [1.54, 1.807) is 11.9 Å². The second-order valence-corrected chi connectivity index (χ2v) is 7.34. The van der Waals surface area contributed by atoms with Crippen molar-refractivity contribution in [3.05, 3.63) is 65.0 Å². The zero-order chi connectivity index (χ0) is 21.0. The van der Waals surface area contributed by atoms with Gasteiger partial charge in [-0.15, -0.1) is 0 Å². The highest BCUT2D eigenvalue weighted by molar-refractivity contribution is 5.81. The summed E-state index contributed by atoms with van der Waals surface area (Å²) < 4.78 is 11.3. The molecule has 0 saturated heterocycles. The van der Waals surface area contributed by atoms with Crippen LogP contribution in [0.3, 0.4) is 0 Å². The Kier molecular flexibility index (Phi) is 6.32. The first-order chi connectivity index (χ1) is 13.9. The van der Waals surface area contributed by atoms with E-state index in [2.05, 4.69) is 10.1 Å². The first-order valence-electron chi connectivity index (χ1n) is 9.76. The van der Waals surface area contributed by atoms with Gasteiger partial charge in [0.25, 0.3) is 5.91 Å². The third-order valence-electron chi connectivity index (χ3n) is 4.90. The Morgan fingerprint density at radius 3 is 2.62 bits per heavy atom. The minimum atomic E-state index is -0.568. The van der Waals surface area contributed by atoms with Crippen LogP contribution in [0.1, 0.15) is 35.9 Å². The van der Waals surface area contributed by atoms with Crippen LogP contribution in [0.4, 0.5) is 0 Å². The lowest BCUT2D eigenvalue weighted by Crippen LogP contribution is -2.39. The number of carbonyl (C=O) groups is 1. The summed E-state index contributed by atoms with van der Waals surface area (Å²) in [5.74, 6) is 1.48. The predicted molar refractivity (Wildman–Crippen MR) is 112 cm³/mol. The van der Waals surface area contributed by atoms with E-state index < -0.39 is 6.10 Å². The first kappa shape index (κ1) is 20.6. The van der Waals surface area contributed by atoms with Gasteiger partial charge < -0.3 is 14.2 Å². The summed E-state index contributed by atoms with van der Waals surface area (Å²) in [7, 11) is 1.71. The van der Waals surface area contributed by atoms with Crippen LogP contribution < -0.4 is 4.74 Å². The fourth-order valence-corrected chi connectivity index (χ4v) is 3.01. The van der Waals surface area contributed by atoms with Crippen LogP contribution in [0.15, 0.2) is 47.0 Å². The Hall–Kier alpha value is -3.15. The summed E-state index contributed by atoms with van der Waals surface area (Å²) in [4.78, 5) is 18.8. The number of rotatable bonds is 7. The fourth-order valence-electron chi connectivity index (χ4n) is 3.01. The number of benzene rings is 2. The molecule has 3 aromatic rings. The molecule has 2 aromatic carbocycles. The third-order valence-corrected chi connectivity index (χ3v) is 4.90. The molecule has 1 heterocycles. The minimum Gasteiger partial charge on any atom is -0.481 e. The van der Waals surface area contributed by atoms with E-state index in [9.17, 15) is 4.79 Å². The molecule has 0 saturated carbocycles. The molecule has 1 atom stereocenters. The van der Waals surface area contributed by atoms with Crippen LogP contribution in [0.5, 0.6) is 5.75 Å². The maximum atomic E-state index is 12.9. The number of amides is 1. The number of aromatic nitrogens is 2. The molecule has 1 aromatic heterocycles. The number of carbonyl (C=O) groups excluding carboxylic acids is 1. The lowest BCUT2D eigenvalue weighted by atomic mass is 10.1. The number of hydrogen-bond donors (Lipinski definition) is 0. The van der Waals surface area contributed by atoms with E-state index in [-0.39, 0.29) is 12.5 Å². The highest BCUT2D eigenvalue weighted by Gasteiger charge is 2.24. The van der Waals surface area contributed by atoms with Crippen LogP contribution in [-0.4, -0.2) is 34.1 Å². The van der Waals surface area contributed by atoms with Gasteiger partial charge in [-0.1, -0.05) is 41.9 Å². The van der Waals surface area contributed by atoms with E-state index in [4.69, 9.17) is 9.26 Å². The summed E-state index contributed by atoms with van der Waals surface area (Å²) in [6, 6.07) is 13.7. The van der Waals surface area contributed by atoms with Crippen molar-refractivity contribution in [2.75, 3.05) is 7.05 Å². The van der Waals surface area contributed by atoms with Crippen molar-refractivity contribution >= 4 is 5.91 Å². The smallest absolute Gasteiger partial charge is 0.263 e. The SMILES string of the molecule is CCC(Oc1ccc(C)c(C)c1)C(=O)N(C)Cc1nc(-c2cccc(C)c2)no1. The number of likely N-dealkylation sites (N-methyl/N-ethyl adjacent to an activating group) is 1. The van der Waals surface area contributed by atoms with Gasteiger partial charge in [-0.25, -0.2) is 0 Å². The van der Waals surface area contributed by atoms with Crippen molar-refractivity contribution in [3.63, 3.8) is 0 Å². The monoisotopic (exact) mass is 393 g/mol. The van der Waals surface area contributed by atoms with Gasteiger partial charge in [-0.3, -0.25) is 4.79 Å². The van der Waals surface area contributed by atoms with E-state index in [0.29, 0.717) is 23.9 Å². The molecule has 0 aliphatic carbocycles.